The molecule has 9 aromatic rings. The quantitative estimate of drug-likeness (QED) is 0.129. The van der Waals surface area contributed by atoms with Crippen molar-refractivity contribution < 1.29 is 0 Å². The number of benzene rings is 8. The van der Waals surface area contributed by atoms with Crippen LogP contribution in [0.25, 0.3) is 45.0 Å². The van der Waals surface area contributed by atoms with Gasteiger partial charge in [-0.25, -0.2) is 4.98 Å². The first-order valence-electron chi connectivity index (χ1n) is 21.4. The van der Waals surface area contributed by atoms with E-state index in [1.165, 1.54) is 49.8 Å². The van der Waals surface area contributed by atoms with E-state index in [-0.39, 0.29) is 6.71 Å². The van der Waals surface area contributed by atoms with Gasteiger partial charge in [-0.2, -0.15) is 9.97 Å². The molecule has 0 radical (unpaired) electrons. The summed E-state index contributed by atoms with van der Waals surface area (Å²) in [6, 6.07) is 66.6. The topological polar surface area (TPSA) is 41.9 Å². The molecule has 0 N–H and O–H groups in total. The van der Waals surface area contributed by atoms with Gasteiger partial charge in [-0.3, -0.25) is 4.90 Å². The van der Waals surface area contributed by atoms with Crippen molar-refractivity contribution in [2.24, 2.45) is 0 Å². The summed E-state index contributed by atoms with van der Waals surface area (Å²) in [7, 11) is 0. The number of aryl methyl sites for hydroxylation is 6. The van der Waals surface area contributed by atoms with Crippen molar-refractivity contribution in [3.63, 3.8) is 0 Å². The minimum absolute atomic E-state index is 0.0485. The van der Waals surface area contributed by atoms with Crippen LogP contribution >= 0.6 is 0 Å². The number of hydrogen-bond acceptors (Lipinski definition) is 4. The Kier molecular flexibility index (Phi) is 11.2. The summed E-state index contributed by atoms with van der Waals surface area (Å²) in [6.07, 6.45) is 0. The zero-order chi connectivity index (χ0) is 42.7. The van der Waals surface area contributed by atoms with Gasteiger partial charge in [0.05, 0.1) is 0 Å². The summed E-state index contributed by atoms with van der Waals surface area (Å²) < 4.78 is 0. The van der Waals surface area contributed by atoms with E-state index in [0.29, 0.717) is 17.6 Å². The van der Waals surface area contributed by atoms with E-state index in [1.807, 2.05) is 24.3 Å². The van der Waals surface area contributed by atoms with Crippen LogP contribution in [0.3, 0.4) is 0 Å². The average molecular weight is 801 g/mol. The summed E-state index contributed by atoms with van der Waals surface area (Å²) in [6.45, 7) is 13.5. The largest absolute Gasteiger partial charge is 0.279 e. The van der Waals surface area contributed by atoms with Gasteiger partial charge < -0.3 is 0 Å². The molecule has 0 amide bonds. The average Bonchev–Trinajstić information content (AvgIpc) is 3.29. The van der Waals surface area contributed by atoms with Crippen molar-refractivity contribution in [2.75, 3.05) is 4.90 Å². The Labute approximate surface area is 366 Å². The monoisotopic (exact) mass is 800 g/mol. The van der Waals surface area contributed by atoms with Gasteiger partial charge in [-0.05, 0) is 88.1 Å². The molecule has 5 heteroatoms. The van der Waals surface area contributed by atoms with Gasteiger partial charge in [0.2, 0.25) is 12.7 Å². The predicted octanol–water partition coefficient (Wildman–Crippen LogP) is 12.4. The number of hydrogen-bond donors (Lipinski definition) is 0. The maximum absolute atomic E-state index is 5.31. The molecule has 0 aliphatic rings. The Balaban J connectivity index is 1.23. The zero-order valence-electron chi connectivity index (χ0n) is 36.3. The second kappa shape index (κ2) is 17.3. The van der Waals surface area contributed by atoms with Crippen LogP contribution in [-0.4, -0.2) is 21.7 Å². The Hall–Kier alpha value is -7.37. The van der Waals surface area contributed by atoms with Crippen LogP contribution < -0.4 is 21.3 Å². The fraction of sp³-hybridized carbons (Fsp3) is 0.105. The van der Waals surface area contributed by atoms with Crippen molar-refractivity contribution in [1.82, 2.24) is 15.0 Å². The molecular formula is C57H49BN4. The van der Waals surface area contributed by atoms with Gasteiger partial charge in [0, 0.05) is 22.5 Å². The first kappa shape index (κ1) is 40.1. The highest BCUT2D eigenvalue weighted by Gasteiger charge is 2.29. The summed E-state index contributed by atoms with van der Waals surface area (Å²) >= 11 is 0. The number of nitrogens with zero attached hydrogens (tertiary/aromatic N) is 4. The molecule has 0 saturated carbocycles. The Bertz CT molecular complexity index is 2900. The van der Waals surface area contributed by atoms with Crippen molar-refractivity contribution in [1.29, 1.82) is 0 Å². The van der Waals surface area contributed by atoms with Crippen LogP contribution in [0.15, 0.2) is 188 Å². The van der Waals surface area contributed by atoms with Gasteiger partial charge in [0.15, 0.2) is 11.6 Å². The normalized spacial score (nSPS) is 11.1. The highest BCUT2D eigenvalue weighted by Crippen LogP contribution is 2.36. The molecule has 4 nitrogen and oxygen atoms in total. The first-order valence-corrected chi connectivity index (χ1v) is 21.4. The third-order valence-corrected chi connectivity index (χ3v) is 11.9. The van der Waals surface area contributed by atoms with Gasteiger partial charge in [-0.15, -0.1) is 0 Å². The van der Waals surface area contributed by atoms with E-state index >= 15 is 0 Å². The van der Waals surface area contributed by atoms with Gasteiger partial charge >= 0.3 is 0 Å². The standard InChI is InChI=1S/C57H49BN4/c1-38-33-40(3)53(41(4)34-38)58(54-42(5)35-39(2)36-43(54)6)50-29-31-51(32-30-50)62(52-24-16-23-49(37-52)45-19-12-8-13-20-45)57-60-55(47-21-14-9-15-22-47)59-56(61-57)48-27-25-46(26-28-48)44-17-10-7-11-18-44/h7-37H,1-6H3. The van der Waals surface area contributed by atoms with E-state index in [2.05, 4.69) is 210 Å². The maximum Gasteiger partial charge on any atom is 0.242 e. The van der Waals surface area contributed by atoms with Gasteiger partial charge in [0.1, 0.15) is 0 Å². The minimum Gasteiger partial charge on any atom is -0.279 e. The van der Waals surface area contributed by atoms with Crippen molar-refractivity contribution in [3.05, 3.63) is 221 Å². The molecule has 0 saturated heterocycles. The van der Waals surface area contributed by atoms with Crippen LogP contribution in [0.4, 0.5) is 17.3 Å². The van der Waals surface area contributed by atoms with Crippen molar-refractivity contribution in [2.45, 2.75) is 41.5 Å². The van der Waals surface area contributed by atoms with Gasteiger partial charge in [0.25, 0.3) is 0 Å². The second-order valence-electron chi connectivity index (χ2n) is 16.5. The first-order chi connectivity index (χ1) is 30.2. The molecule has 9 rings (SSSR count). The van der Waals surface area contributed by atoms with Crippen molar-refractivity contribution in [3.8, 4) is 45.0 Å². The van der Waals surface area contributed by atoms with Crippen LogP contribution in [0.1, 0.15) is 33.4 Å². The van der Waals surface area contributed by atoms with Crippen LogP contribution in [0, 0.1) is 41.5 Å². The number of anilines is 3. The highest BCUT2D eigenvalue weighted by atomic mass is 15.3. The summed E-state index contributed by atoms with van der Waals surface area (Å²) in [4.78, 5) is 17.9. The molecule has 0 fully saturated rings. The summed E-state index contributed by atoms with van der Waals surface area (Å²) in [5, 5.41) is 0. The van der Waals surface area contributed by atoms with Crippen molar-refractivity contribution >= 4 is 40.4 Å². The van der Waals surface area contributed by atoms with E-state index in [4.69, 9.17) is 15.0 Å². The lowest BCUT2D eigenvalue weighted by Crippen LogP contribution is -2.55. The van der Waals surface area contributed by atoms with Crippen LogP contribution in [-0.2, 0) is 0 Å². The van der Waals surface area contributed by atoms with E-state index in [1.54, 1.807) is 0 Å². The predicted molar refractivity (Wildman–Crippen MR) is 262 cm³/mol. The molecule has 0 atom stereocenters. The minimum atomic E-state index is 0.0485. The third-order valence-electron chi connectivity index (χ3n) is 11.9. The Morgan fingerprint density at radius 3 is 1.24 bits per heavy atom. The summed E-state index contributed by atoms with van der Waals surface area (Å²) in [5.74, 6) is 1.74. The second-order valence-corrected chi connectivity index (χ2v) is 16.5. The molecule has 0 bridgehead atoms. The Morgan fingerprint density at radius 2 is 0.742 bits per heavy atom. The lowest BCUT2D eigenvalue weighted by molar-refractivity contribution is 1.02. The molecule has 1 aromatic heterocycles. The molecule has 0 aliphatic carbocycles. The SMILES string of the molecule is Cc1cc(C)c(B(c2ccc(N(c3cccc(-c4ccccc4)c3)c3nc(-c4ccccc4)nc(-c4ccc(-c5ccccc5)cc4)n3)cc2)c2c(C)cc(C)cc2C)c(C)c1. The lowest BCUT2D eigenvalue weighted by atomic mass is 9.34. The van der Waals surface area contributed by atoms with E-state index in [9.17, 15) is 0 Å². The smallest absolute Gasteiger partial charge is 0.242 e. The molecule has 8 aromatic carbocycles. The molecule has 0 unspecified atom stereocenters. The summed E-state index contributed by atoms with van der Waals surface area (Å²) in [5.41, 5.74) is 20.0. The Morgan fingerprint density at radius 1 is 0.339 bits per heavy atom. The molecule has 62 heavy (non-hydrogen) atoms. The highest BCUT2D eigenvalue weighted by molar-refractivity contribution is 6.96. The third kappa shape index (κ3) is 8.22. The maximum atomic E-state index is 5.31. The number of aromatic nitrogens is 3. The van der Waals surface area contributed by atoms with Crippen LogP contribution in [0.2, 0.25) is 0 Å². The molecule has 300 valence electrons. The number of rotatable bonds is 10. The van der Waals surface area contributed by atoms with Crippen LogP contribution in [0.5, 0.6) is 0 Å². The van der Waals surface area contributed by atoms with Gasteiger partial charge in [-0.1, -0.05) is 214 Å². The van der Waals surface area contributed by atoms with E-state index in [0.717, 1.165) is 44.8 Å². The lowest BCUT2D eigenvalue weighted by Gasteiger charge is -2.27. The zero-order valence-corrected chi connectivity index (χ0v) is 36.3. The fourth-order valence-corrected chi connectivity index (χ4v) is 9.17. The fourth-order valence-electron chi connectivity index (χ4n) is 9.17. The molecular weight excluding hydrogens is 751 g/mol. The molecule has 1 heterocycles. The van der Waals surface area contributed by atoms with E-state index < -0.39 is 0 Å². The molecule has 0 aliphatic heterocycles. The molecule has 0 spiro atoms.